The highest BCUT2D eigenvalue weighted by atomic mass is 19.1. The molecule has 13 rings (SSSR count). The van der Waals surface area contributed by atoms with Crippen LogP contribution in [0.5, 0.6) is 17.5 Å². The quantitative estimate of drug-likeness (QED) is 0.106. The number of anilines is 1. The number of rotatable bonds is 10. The number of aryl methyl sites for hydroxylation is 1. The summed E-state index contributed by atoms with van der Waals surface area (Å²) in [4.78, 5) is 65.9. The van der Waals surface area contributed by atoms with E-state index in [1.54, 1.807) is 23.6 Å². The molecule has 76 heavy (non-hydrogen) atoms. The summed E-state index contributed by atoms with van der Waals surface area (Å²) in [5.74, 6) is 0.410. The largest absolute Gasteiger partial charge is 0.508 e. The Morgan fingerprint density at radius 3 is 2.57 bits per heavy atom. The average molecular weight is 1030 g/mol. The van der Waals surface area contributed by atoms with Gasteiger partial charge in [0.2, 0.25) is 0 Å². The molecular formula is C57H51F3N8O8. The summed E-state index contributed by atoms with van der Waals surface area (Å²) in [6.45, 7) is 5.27. The van der Waals surface area contributed by atoms with Crippen LogP contribution in [0.4, 0.5) is 19.0 Å². The number of amides is 1. The number of alkyl halides is 1. The number of ether oxygens (including phenoxy) is 3. The second-order valence-corrected chi connectivity index (χ2v) is 21.0. The number of phenols is 1. The normalized spacial score (nSPS) is 23.4. The van der Waals surface area contributed by atoms with E-state index in [9.17, 15) is 29.0 Å². The van der Waals surface area contributed by atoms with Gasteiger partial charge in [-0.15, -0.1) is 6.42 Å². The Morgan fingerprint density at radius 1 is 0.974 bits per heavy atom. The zero-order valence-electron chi connectivity index (χ0n) is 41.7. The molecule has 2 bridgehead atoms. The highest BCUT2D eigenvalue weighted by Gasteiger charge is 2.50. The van der Waals surface area contributed by atoms with Crippen LogP contribution in [0.3, 0.4) is 0 Å². The first-order valence-corrected chi connectivity index (χ1v) is 25.8. The SMILES string of the molecule is C#Cc1c(F)ccc2cc(O)cc(-c3ncc4c(N5CC6CCC(C5)N6C(=O)COc5ccc6nc7c(c(CC)c6c5)Cn5c-7cc6c(c5=O)COC(=O)[C@]6(O)CC)nc(OCC56CCCN5C[C@H](F)C6)nc4c3F)c12. The van der Waals surface area contributed by atoms with Crippen molar-refractivity contribution in [3.8, 4) is 52.5 Å². The molecule has 0 aliphatic carbocycles. The molecule has 7 aromatic rings. The zero-order valence-corrected chi connectivity index (χ0v) is 41.7. The van der Waals surface area contributed by atoms with E-state index in [4.69, 9.17) is 30.6 Å². The van der Waals surface area contributed by atoms with E-state index in [1.807, 2.05) is 28.9 Å². The fourth-order valence-corrected chi connectivity index (χ4v) is 13.3. The van der Waals surface area contributed by atoms with Crippen LogP contribution in [-0.2, 0) is 39.5 Å². The second kappa shape index (κ2) is 17.6. The van der Waals surface area contributed by atoms with Crippen LogP contribution >= 0.6 is 0 Å². The zero-order chi connectivity index (χ0) is 52.5. The van der Waals surface area contributed by atoms with E-state index in [0.29, 0.717) is 79.2 Å². The van der Waals surface area contributed by atoms with Gasteiger partial charge in [-0.2, -0.15) is 9.97 Å². The van der Waals surface area contributed by atoms with Crippen molar-refractivity contribution < 1.29 is 47.2 Å². The van der Waals surface area contributed by atoms with Gasteiger partial charge >= 0.3 is 12.0 Å². The molecular weight excluding hydrogens is 982 g/mol. The summed E-state index contributed by atoms with van der Waals surface area (Å²) in [6.07, 6.45) is 10.2. The number of aromatic hydroxyl groups is 1. The van der Waals surface area contributed by atoms with Crippen LogP contribution in [0.1, 0.15) is 80.2 Å². The predicted molar refractivity (Wildman–Crippen MR) is 274 cm³/mol. The Labute approximate surface area is 433 Å². The maximum absolute atomic E-state index is 17.4. The third-order valence-electron chi connectivity index (χ3n) is 16.9. The molecule has 16 nitrogen and oxygen atoms in total. The summed E-state index contributed by atoms with van der Waals surface area (Å²) in [5.41, 5.74) is 0.833. The third kappa shape index (κ3) is 7.23. The Kier molecular flexibility index (Phi) is 11.1. The molecule has 3 aromatic carbocycles. The number of terminal acetylenes is 1. The van der Waals surface area contributed by atoms with Gasteiger partial charge in [0, 0.05) is 71.8 Å². The van der Waals surface area contributed by atoms with Gasteiger partial charge in [-0.3, -0.25) is 19.5 Å². The second-order valence-electron chi connectivity index (χ2n) is 21.0. The molecule has 4 saturated heterocycles. The molecule has 3 unspecified atom stereocenters. The number of halogens is 3. The highest BCUT2D eigenvalue weighted by molar-refractivity contribution is 6.03. The van der Waals surface area contributed by atoms with E-state index in [1.165, 1.54) is 30.5 Å². The summed E-state index contributed by atoms with van der Waals surface area (Å²) in [6, 6.07) is 11.8. The van der Waals surface area contributed by atoms with Gasteiger partial charge < -0.3 is 38.8 Å². The van der Waals surface area contributed by atoms with Crippen molar-refractivity contribution in [2.24, 2.45) is 0 Å². The number of nitrogens with zero attached hydrogens (tertiary/aromatic N) is 8. The van der Waals surface area contributed by atoms with Crippen molar-refractivity contribution in [1.82, 2.24) is 34.3 Å². The van der Waals surface area contributed by atoms with E-state index >= 15 is 8.78 Å². The molecule has 2 N–H and O–H groups in total. The van der Waals surface area contributed by atoms with E-state index in [2.05, 4.69) is 20.8 Å². The number of aliphatic hydroxyl groups is 1. The molecule has 4 fully saturated rings. The smallest absolute Gasteiger partial charge is 0.343 e. The molecule has 6 aliphatic rings. The van der Waals surface area contributed by atoms with Crippen LogP contribution in [0.15, 0.2) is 59.5 Å². The van der Waals surface area contributed by atoms with Crippen LogP contribution in [0.2, 0.25) is 0 Å². The number of piperazine rings is 1. The van der Waals surface area contributed by atoms with Crippen LogP contribution in [0.25, 0.3) is 55.2 Å². The fourth-order valence-electron chi connectivity index (χ4n) is 13.3. The van der Waals surface area contributed by atoms with Gasteiger partial charge in [0.15, 0.2) is 18.0 Å². The van der Waals surface area contributed by atoms with Crippen molar-refractivity contribution >= 4 is 50.3 Å². The average Bonchev–Trinajstić information content (AvgIpc) is 4.16. The van der Waals surface area contributed by atoms with Gasteiger partial charge in [-0.05, 0) is 98.5 Å². The number of benzene rings is 3. The maximum atomic E-state index is 17.4. The number of hydrogen-bond donors (Lipinski definition) is 2. The minimum absolute atomic E-state index is 0.0378. The van der Waals surface area contributed by atoms with Crippen LogP contribution < -0.4 is 19.9 Å². The van der Waals surface area contributed by atoms with Gasteiger partial charge in [0.1, 0.15) is 53.7 Å². The lowest BCUT2D eigenvalue weighted by molar-refractivity contribution is -0.172. The number of cyclic esters (lactones) is 1. The maximum Gasteiger partial charge on any atom is 0.343 e. The Balaban J connectivity index is 0.784. The third-order valence-corrected chi connectivity index (χ3v) is 16.9. The first kappa shape index (κ1) is 47.9. The topological polar surface area (TPSA) is 186 Å². The fraction of sp³-hybridized carbons (Fsp3) is 0.386. The predicted octanol–water partition coefficient (Wildman–Crippen LogP) is 6.98. The number of aromatic nitrogens is 5. The van der Waals surface area contributed by atoms with Crippen molar-refractivity contribution in [2.45, 2.75) is 101 Å². The number of carbonyl (C=O) groups excluding carboxylic acids is 2. The minimum atomic E-state index is -1.94. The van der Waals surface area contributed by atoms with Crippen molar-refractivity contribution in [2.75, 3.05) is 44.3 Å². The van der Waals surface area contributed by atoms with Gasteiger partial charge in [-0.25, -0.2) is 22.9 Å². The first-order valence-electron chi connectivity index (χ1n) is 25.8. The molecule has 5 atom stereocenters. The van der Waals surface area contributed by atoms with Gasteiger partial charge in [0.25, 0.3) is 11.5 Å². The summed E-state index contributed by atoms with van der Waals surface area (Å²) in [5, 5.41) is 23.8. The molecule has 0 saturated carbocycles. The Morgan fingerprint density at radius 2 is 1.79 bits per heavy atom. The highest BCUT2D eigenvalue weighted by Crippen LogP contribution is 2.45. The standard InChI is InChI=1S/C57H51F3N8O8/c1-4-35-37-18-34(11-13-44(37)62-49-40(35)25-67-45(49)19-42-41(53(67)71)26-75-54(72)57(42,73)6-3)74-27-46(70)68-31-9-10-32(68)24-65(23-31)52-39-21-61-50(38-17-33(69)16-29-8-12-43(59)36(5-2)47(29)38)48(60)51(39)63-55(64-52)76-28-56-14-7-15-66(56)22-30(58)20-56/h2,8,11-13,16-19,21,30-32,69,73H,4,6-7,9-10,14-15,20,22-28H2,1,3H3/t30-,31?,32?,56?,57+/m1/s1. The van der Waals surface area contributed by atoms with Crippen molar-refractivity contribution in [3.63, 3.8) is 0 Å². The van der Waals surface area contributed by atoms with E-state index in [0.717, 1.165) is 35.9 Å². The molecule has 0 radical (unpaired) electrons. The number of esters is 1. The lowest BCUT2D eigenvalue weighted by atomic mass is 9.86. The van der Waals surface area contributed by atoms with E-state index in [-0.39, 0.29) is 112 Å². The Bertz CT molecular complexity index is 3780. The monoisotopic (exact) mass is 1030 g/mol. The van der Waals surface area contributed by atoms with E-state index < -0.39 is 34.9 Å². The van der Waals surface area contributed by atoms with Gasteiger partial charge in [-0.1, -0.05) is 25.8 Å². The van der Waals surface area contributed by atoms with Crippen molar-refractivity contribution in [3.05, 3.63) is 105 Å². The Hall–Kier alpha value is -7.82. The number of fused-ring (bicyclic) bond motifs is 10. The number of pyridine rings is 3. The van der Waals surface area contributed by atoms with Crippen LogP contribution in [-0.4, -0.2) is 120 Å². The number of carbonyl (C=O) groups is 2. The van der Waals surface area contributed by atoms with Gasteiger partial charge in [0.05, 0.1) is 45.5 Å². The molecule has 10 heterocycles. The van der Waals surface area contributed by atoms with Crippen molar-refractivity contribution in [1.29, 1.82) is 0 Å². The molecule has 4 aromatic heterocycles. The summed E-state index contributed by atoms with van der Waals surface area (Å²) in [7, 11) is 0. The number of hydrogen-bond acceptors (Lipinski definition) is 14. The summed E-state index contributed by atoms with van der Waals surface area (Å²) < 4.78 is 66.9. The molecule has 0 spiro atoms. The first-order chi connectivity index (χ1) is 36.7. The molecule has 1 amide bonds. The number of phenolic OH excluding ortho intramolecular Hbond substituents is 1. The lowest BCUT2D eigenvalue weighted by Crippen LogP contribution is -2.57. The molecule has 6 aliphatic heterocycles. The summed E-state index contributed by atoms with van der Waals surface area (Å²) >= 11 is 0. The minimum Gasteiger partial charge on any atom is -0.508 e. The van der Waals surface area contributed by atoms with Crippen LogP contribution in [0, 0.1) is 24.0 Å². The lowest BCUT2D eigenvalue weighted by Gasteiger charge is -2.41. The molecule has 388 valence electrons. The molecule has 19 heteroatoms.